The third-order valence-electron chi connectivity index (χ3n) is 2.24. The first-order chi connectivity index (χ1) is 4.80. The summed E-state index contributed by atoms with van der Waals surface area (Å²) in [7, 11) is 0. The van der Waals surface area contributed by atoms with Crippen molar-refractivity contribution in [2.24, 2.45) is 0 Å². The summed E-state index contributed by atoms with van der Waals surface area (Å²) in [6, 6.07) is 0. The minimum Gasteiger partial charge on any atom is -0.0882 e. The maximum Gasteiger partial charge on any atom is -0.0139 e. The monoisotopic (exact) mass is 136 g/mol. The van der Waals surface area contributed by atoms with E-state index in [9.17, 15) is 0 Å². The van der Waals surface area contributed by atoms with Crippen molar-refractivity contribution >= 4 is 0 Å². The zero-order valence-corrected chi connectivity index (χ0v) is 6.98. The summed E-state index contributed by atoms with van der Waals surface area (Å²) in [4.78, 5) is 0. The fourth-order valence-electron chi connectivity index (χ4n) is 1.25. The van der Waals surface area contributed by atoms with Gasteiger partial charge in [-0.05, 0) is 39.5 Å². The van der Waals surface area contributed by atoms with Crippen molar-refractivity contribution in [1.82, 2.24) is 0 Å². The fourth-order valence-corrected chi connectivity index (χ4v) is 1.25. The van der Waals surface area contributed by atoms with E-state index in [-0.39, 0.29) is 0 Å². The molecule has 0 aromatic rings. The van der Waals surface area contributed by atoms with Gasteiger partial charge in [-0.2, -0.15) is 0 Å². The van der Waals surface area contributed by atoms with Crippen molar-refractivity contribution in [3.8, 4) is 0 Å². The largest absolute Gasteiger partial charge is 0.0882 e. The molecule has 56 valence electrons. The van der Waals surface area contributed by atoms with Crippen LogP contribution in [0.4, 0.5) is 0 Å². The molecule has 0 aromatic carbocycles. The van der Waals surface area contributed by atoms with Crippen LogP contribution in [0.5, 0.6) is 0 Å². The molecule has 10 heavy (non-hydrogen) atoms. The minimum atomic E-state index is 1.17. The predicted octanol–water partition coefficient (Wildman–Crippen LogP) is 3.45. The highest BCUT2D eigenvalue weighted by Crippen LogP contribution is 2.17. The molecule has 0 unspecified atom stereocenters. The van der Waals surface area contributed by atoms with Crippen molar-refractivity contribution in [3.05, 3.63) is 23.3 Å². The van der Waals surface area contributed by atoms with Crippen LogP contribution in [-0.4, -0.2) is 0 Å². The van der Waals surface area contributed by atoms with Gasteiger partial charge in [0.1, 0.15) is 0 Å². The fraction of sp³-hybridized carbons (Fsp3) is 0.600. The molecule has 0 N–H and O–H groups in total. The Balaban J connectivity index is 2.62. The van der Waals surface area contributed by atoms with Gasteiger partial charge in [-0.1, -0.05) is 23.3 Å². The second-order valence-electron chi connectivity index (χ2n) is 3.13. The lowest BCUT2D eigenvalue weighted by Gasteiger charge is -2.07. The van der Waals surface area contributed by atoms with Gasteiger partial charge in [0, 0.05) is 0 Å². The molecule has 0 radical (unpaired) electrons. The second-order valence-corrected chi connectivity index (χ2v) is 3.13. The molecule has 1 aliphatic rings. The van der Waals surface area contributed by atoms with Gasteiger partial charge in [-0.25, -0.2) is 0 Å². The van der Waals surface area contributed by atoms with E-state index in [0.717, 1.165) is 0 Å². The molecule has 0 aliphatic heterocycles. The standard InChI is InChI=1S/C10H16/c1-9-7-5-3-4-6-8-10(9)2/h3,5H,4,6-8H2,1-2H3. The maximum atomic E-state index is 2.30. The zero-order valence-electron chi connectivity index (χ0n) is 6.98. The van der Waals surface area contributed by atoms with Crippen LogP contribution in [0.25, 0.3) is 0 Å². The Morgan fingerprint density at radius 2 is 1.90 bits per heavy atom. The summed E-state index contributed by atoms with van der Waals surface area (Å²) in [5.74, 6) is 0. The highest BCUT2D eigenvalue weighted by atomic mass is 14.0. The van der Waals surface area contributed by atoms with E-state index in [0.29, 0.717) is 0 Å². The van der Waals surface area contributed by atoms with Crippen LogP contribution in [0.15, 0.2) is 23.3 Å². The molecule has 0 aromatic heterocycles. The Morgan fingerprint density at radius 1 is 1.10 bits per heavy atom. The number of hydrogen-bond acceptors (Lipinski definition) is 0. The summed E-state index contributed by atoms with van der Waals surface area (Å²) >= 11 is 0. The lowest BCUT2D eigenvalue weighted by Crippen LogP contribution is -1.87. The molecule has 0 bridgehead atoms. The maximum absolute atomic E-state index is 2.30. The molecule has 0 fully saturated rings. The molecule has 0 heteroatoms. The number of hydrogen-bond donors (Lipinski definition) is 0. The summed E-state index contributed by atoms with van der Waals surface area (Å²) in [6.45, 7) is 4.50. The number of allylic oxidation sites excluding steroid dienone is 4. The highest BCUT2D eigenvalue weighted by Gasteiger charge is 1.97. The Hall–Kier alpha value is -0.520. The summed E-state index contributed by atoms with van der Waals surface area (Å²) in [5, 5.41) is 0. The molecular weight excluding hydrogens is 120 g/mol. The lowest BCUT2D eigenvalue weighted by molar-refractivity contribution is 0.806. The third kappa shape index (κ3) is 2.02. The van der Waals surface area contributed by atoms with Crippen LogP contribution in [0.2, 0.25) is 0 Å². The predicted molar refractivity (Wildman–Crippen MR) is 46.0 cm³/mol. The molecule has 0 saturated heterocycles. The quantitative estimate of drug-likeness (QED) is 0.447. The van der Waals surface area contributed by atoms with Gasteiger partial charge < -0.3 is 0 Å². The van der Waals surface area contributed by atoms with Gasteiger partial charge in [0.05, 0.1) is 0 Å². The average Bonchev–Trinajstić information content (AvgIpc) is 1.92. The summed E-state index contributed by atoms with van der Waals surface area (Å²) < 4.78 is 0. The third-order valence-corrected chi connectivity index (χ3v) is 2.24. The van der Waals surface area contributed by atoms with E-state index in [4.69, 9.17) is 0 Å². The van der Waals surface area contributed by atoms with Crippen LogP contribution in [0.3, 0.4) is 0 Å². The normalized spacial score (nSPS) is 20.6. The van der Waals surface area contributed by atoms with Crippen molar-refractivity contribution in [2.75, 3.05) is 0 Å². The Morgan fingerprint density at radius 3 is 2.70 bits per heavy atom. The van der Waals surface area contributed by atoms with Gasteiger partial charge in [0.15, 0.2) is 0 Å². The molecule has 0 saturated carbocycles. The molecule has 0 atom stereocenters. The van der Waals surface area contributed by atoms with E-state index >= 15 is 0 Å². The lowest BCUT2D eigenvalue weighted by atomic mass is 10.00. The molecule has 0 amide bonds. The van der Waals surface area contributed by atoms with E-state index in [1.165, 1.54) is 25.7 Å². The van der Waals surface area contributed by atoms with E-state index < -0.39 is 0 Å². The topological polar surface area (TPSA) is 0 Å². The van der Waals surface area contributed by atoms with Crippen LogP contribution >= 0.6 is 0 Å². The average molecular weight is 136 g/mol. The van der Waals surface area contributed by atoms with E-state index in [1.807, 2.05) is 0 Å². The van der Waals surface area contributed by atoms with Gasteiger partial charge in [-0.3, -0.25) is 0 Å². The summed E-state index contributed by atoms with van der Waals surface area (Å²) in [5.41, 5.74) is 3.17. The van der Waals surface area contributed by atoms with Crippen molar-refractivity contribution in [3.63, 3.8) is 0 Å². The van der Waals surface area contributed by atoms with Crippen molar-refractivity contribution in [1.29, 1.82) is 0 Å². The Kier molecular flexibility index (Phi) is 2.73. The van der Waals surface area contributed by atoms with Gasteiger partial charge in [0.2, 0.25) is 0 Å². The second kappa shape index (κ2) is 3.60. The molecule has 1 aliphatic carbocycles. The number of rotatable bonds is 0. The van der Waals surface area contributed by atoms with Gasteiger partial charge in [-0.15, -0.1) is 0 Å². The molecule has 0 spiro atoms. The Labute approximate surface area is 63.6 Å². The Bertz CT molecular complexity index is 161. The summed E-state index contributed by atoms with van der Waals surface area (Å²) in [6.07, 6.45) is 9.67. The SMILES string of the molecule is CC1=C(C)CCCC=CC1. The van der Waals surface area contributed by atoms with E-state index in [2.05, 4.69) is 26.0 Å². The minimum absolute atomic E-state index is 1.17. The van der Waals surface area contributed by atoms with Crippen LogP contribution < -0.4 is 0 Å². The first kappa shape index (κ1) is 7.59. The first-order valence-corrected chi connectivity index (χ1v) is 4.11. The van der Waals surface area contributed by atoms with Crippen LogP contribution in [0, 0.1) is 0 Å². The highest BCUT2D eigenvalue weighted by molar-refractivity contribution is 5.14. The molecular formula is C10H16. The van der Waals surface area contributed by atoms with Crippen LogP contribution in [0.1, 0.15) is 39.5 Å². The van der Waals surface area contributed by atoms with E-state index in [1.54, 1.807) is 11.1 Å². The van der Waals surface area contributed by atoms with Crippen molar-refractivity contribution in [2.45, 2.75) is 39.5 Å². The first-order valence-electron chi connectivity index (χ1n) is 4.11. The van der Waals surface area contributed by atoms with Crippen molar-refractivity contribution < 1.29 is 0 Å². The van der Waals surface area contributed by atoms with Crippen LogP contribution in [-0.2, 0) is 0 Å². The van der Waals surface area contributed by atoms with Gasteiger partial charge >= 0.3 is 0 Å². The molecule has 1 rings (SSSR count). The molecule has 0 heterocycles. The zero-order chi connectivity index (χ0) is 7.40. The van der Waals surface area contributed by atoms with Gasteiger partial charge in [0.25, 0.3) is 0 Å². The molecule has 0 nitrogen and oxygen atoms in total. The smallest absolute Gasteiger partial charge is 0.0139 e.